The molecule has 7 unspecified atom stereocenters. The van der Waals surface area contributed by atoms with Crippen molar-refractivity contribution >= 4 is 0 Å². The number of nitrogens with two attached hydrogens (primary N) is 1. The second-order valence-corrected chi connectivity index (χ2v) is 11.2. The van der Waals surface area contributed by atoms with E-state index in [0.29, 0.717) is 16.2 Å². The summed E-state index contributed by atoms with van der Waals surface area (Å²) in [5.74, 6) is 4.12. The summed E-state index contributed by atoms with van der Waals surface area (Å²) in [6.45, 7) is 8.97. The van der Waals surface area contributed by atoms with Gasteiger partial charge < -0.3 is 5.73 Å². The Morgan fingerprint density at radius 3 is 2.40 bits per heavy atom. The van der Waals surface area contributed by atoms with E-state index in [4.69, 9.17) is 5.73 Å². The fourth-order valence-corrected chi connectivity index (χ4v) is 8.72. The molecule has 0 bridgehead atoms. The fourth-order valence-electron chi connectivity index (χ4n) is 8.72. The van der Waals surface area contributed by atoms with E-state index >= 15 is 0 Å². The van der Waals surface area contributed by atoms with Gasteiger partial charge in [-0.05, 0) is 111 Å². The SMILES string of the molecule is CC12CCC3C(CCC4(C)CCCCC34C)C1CCC2CCCCN. The second kappa shape index (κ2) is 6.54. The normalized spacial score (nSPS) is 52.3. The molecule has 4 rings (SSSR count). The molecular formula is C24H43N. The van der Waals surface area contributed by atoms with Gasteiger partial charge in [0.2, 0.25) is 0 Å². The average Bonchev–Trinajstić information content (AvgIpc) is 2.92. The van der Waals surface area contributed by atoms with Crippen molar-refractivity contribution in [3.63, 3.8) is 0 Å². The van der Waals surface area contributed by atoms with Crippen LogP contribution in [-0.2, 0) is 0 Å². The lowest BCUT2D eigenvalue weighted by Gasteiger charge is -2.64. The summed E-state index contributed by atoms with van der Waals surface area (Å²) in [7, 11) is 0. The van der Waals surface area contributed by atoms with Gasteiger partial charge in [-0.2, -0.15) is 0 Å². The molecule has 0 radical (unpaired) electrons. The minimum absolute atomic E-state index is 0.646. The Balaban J connectivity index is 1.54. The minimum Gasteiger partial charge on any atom is -0.330 e. The first kappa shape index (κ1) is 18.3. The first-order valence-corrected chi connectivity index (χ1v) is 11.6. The van der Waals surface area contributed by atoms with Crippen LogP contribution in [-0.4, -0.2) is 6.54 Å². The van der Waals surface area contributed by atoms with Gasteiger partial charge in [-0.25, -0.2) is 0 Å². The summed E-state index contributed by atoms with van der Waals surface area (Å²) in [6, 6.07) is 0. The van der Waals surface area contributed by atoms with E-state index in [9.17, 15) is 0 Å². The zero-order valence-electron chi connectivity index (χ0n) is 17.3. The average molecular weight is 346 g/mol. The van der Waals surface area contributed by atoms with Crippen molar-refractivity contribution in [3.8, 4) is 0 Å². The van der Waals surface area contributed by atoms with Gasteiger partial charge in [-0.15, -0.1) is 0 Å². The van der Waals surface area contributed by atoms with Crippen LogP contribution >= 0.6 is 0 Å². The van der Waals surface area contributed by atoms with Crippen LogP contribution in [0.15, 0.2) is 0 Å². The Bertz CT molecular complexity index is 486. The third-order valence-corrected chi connectivity index (χ3v) is 10.5. The standard InChI is InChI=1S/C24H43N/c1-22-13-5-6-14-24(22,3)21-12-16-23(2)18(8-4-7-17-25)9-10-20(23)19(21)11-15-22/h18-21H,4-17,25H2,1-3H3. The highest BCUT2D eigenvalue weighted by molar-refractivity contribution is 5.11. The van der Waals surface area contributed by atoms with E-state index in [1.54, 1.807) is 6.42 Å². The van der Waals surface area contributed by atoms with E-state index < -0.39 is 0 Å². The molecule has 4 aliphatic rings. The highest BCUT2D eigenvalue weighted by atomic mass is 14.7. The first-order valence-electron chi connectivity index (χ1n) is 11.6. The number of rotatable bonds is 4. The summed E-state index contributed by atoms with van der Waals surface area (Å²) >= 11 is 0. The number of hydrogen-bond donors (Lipinski definition) is 1. The van der Waals surface area contributed by atoms with Crippen molar-refractivity contribution in [2.45, 2.75) is 104 Å². The molecule has 2 N–H and O–H groups in total. The third-order valence-electron chi connectivity index (χ3n) is 10.5. The van der Waals surface area contributed by atoms with Crippen LogP contribution in [0.25, 0.3) is 0 Å². The van der Waals surface area contributed by atoms with Gasteiger partial charge in [-0.3, -0.25) is 0 Å². The lowest BCUT2D eigenvalue weighted by atomic mass is 9.40. The van der Waals surface area contributed by atoms with Crippen LogP contribution in [0.5, 0.6) is 0 Å². The molecule has 1 nitrogen and oxygen atoms in total. The molecular weight excluding hydrogens is 302 g/mol. The minimum atomic E-state index is 0.646. The van der Waals surface area contributed by atoms with Crippen LogP contribution in [0.3, 0.4) is 0 Å². The van der Waals surface area contributed by atoms with Gasteiger partial charge in [0.25, 0.3) is 0 Å². The summed E-state index contributed by atoms with van der Waals surface area (Å²) in [5, 5.41) is 0. The van der Waals surface area contributed by atoms with E-state index in [0.717, 1.165) is 30.2 Å². The molecule has 25 heavy (non-hydrogen) atoms. The van der Waals surface area contributed by atoms with Crippen molar-refractivity contribution in [3.05, 3.63) is 0 Å². The molecule has 4 fully saturated rings. The second-order valence-electron chi connectivity index (χ2n) is 11.2. The smallest absolute Gasteiger partial charge is 0.00773 e. The van der Waals surface area contributed by atoms with Crippen molar-refractivity contribution in [1.29, 1.82) is 0 Å². The Labute approximate surface area is 156 Å². The van der Waals surface area contributed by atoms with Gasteiger partial charge in [-0.1, -0.05) is 40.0 Å². The predicted octanol–water partition coefficient (Wildman–Crippen LogP) is 6.55. The summed E-state index contributed by atoms with van der Waals surface area (Å²) in [4.78, 5) is 0. The zero-order valence-corrected chi connectivity index (χ0v) is 17.3. The Morgan fingerprint density at radius 2 is 1.60 bits per heavy atom. The van der Waals surface area contributed by atoms with Crippen LogP contribution in [0.1, 0.15) is 104 Å². The Morgan fingerprint density at radius 1 is 0.800 bits per heavy atom. The maximum absolute atomic E-state index is 5.75. The quantitative estimate of drug-likeness (QED) is 0.574. The molecule has 4 aliphatic carbocycles. The highest BCUT2D eigenvalue weighted by Gasteiger charge is 2.62. The molecule has 0 heterocycles. The van der Waals surface area contributed by atoms with Crippen LogP contribution in [0.4, 0.5) is 0 Å². The van der Waals surface area contributed by atoms with Crippen LogP contribution in [0, 0.1) is 39.9 Å². The number of hydrogen-bond acceptors (Lipinski definition) is 1. The largest absolute Gasteiger partial charge is 0.330 e. The zero-order chi connectivity index (χ0) is 17.7. The van der Waals surface area contributed by atoms with Gasteiger partial charge in [0, 0.05) is 0 Å². The predicted molar refractivity (Wildman–Crippen MR) is 107 cm³/mol. The van der Waals surface area contributed by atoms with E-state index in [-0.39, 0.29) is 0 Å². The molecule has 0 aromatic heterocycles. The van der Waals surface area contributed by atoms with Crippen molar-refractivity contribution in [1.82, 2.24) is 0 Å². The molecule has 1 heteroatoms. The number of unbranched alkanes of at least 4 members (excludes halogenated alkanes) is 1. The lowest BCUT2D eigenvalue weighted by Crippen LogP contribution is -2.56. The van der Waals surface area contributed by atoms with Gasteiger partial charge in [0.1, 0.15) is 0 Å². The fraction of sp³-hybridized carbons (Fsp3) is 1.00. The summed E-state index contributed by atoms with van der Waals surface area (Å²) < 4.78 is 0. The molecule has 0 aliphatic heterocycles. The molecule has 4 saturated carbocycles. The van der Waals surface area contributed by atoms with Gasteiger partial charge >= 0.3 is 0 Å². The van der Waals surface area contributed by atoms with Crippen LogP contribution in [0.2, 0.25) is 0 Å². The molecule has 0 aromatic rings. The van der Waals surface area contributed by atoms with E-state index in [2.05, 4.69) is 20.8 Å². The van der Waals surface area contributed by atoms with Gasteiger partial charge in [0.05, 0.1) is 0 Å². The first-order chi connectivity index (χ1) is 11.9. The summed E-state index contributed by atoms with van der Waals surface area (Å²) in [5.41, 5.74) is 7.71. The molecule has 144 valence electrons. The maximum Gasteiger partial charge on any atom is -0.00773 e. The molecule has 7 atom stereocenters. The third kappa shape index (κ3) is 2.66. The Hall–Kier alpha value is -0.0400. The van der Waals surface area contributed by atoms with Crippen molar-refractivity contribution in [2.24, 2.45) is 45.7 Å². The Kier molecular flexibility index (Phi) is 4.79. The topological polar surface area (TPSA) is 26.0 Å². The summed E-state index contributed by atoms with van der Waals surface area (Å²) in [6.07, 6.45) is 19.3. The van der Waals surface area contributed by atoms with Crippen molar-refractivity contribution in [2.75, 3.05) is 6.54 Å². The molecule has 0 aromatic carbocycles. The number of fused-ring (bicyclic) bond motifs is 5. The van der Waals surface area contributed by atoms with Crippen LogP contribution < -0.4 is 5.73 Å². The van der Waals surface area contributed by atoms with Gasteiger partial charge in [0.15, 0.2) is 0 Å². The molecule has 0 amide bonds. The lowest BCUT2D eigenvalue weighted by molar-refractivity contribution is -0.152. The van der Waals surface area contributed by atoms with Crippen molar-refractivity contribution < 1.29 is 0 Å². The molecule has 0 saturated heterocycles. The monoisotopic (exact) mass is 345 g/mol. The van der Waals surface area contributed by atoms with E-state index in [1.165, 1.54) is 77.0 Å². The highest BCUT2D eigenvalue weighted by Crippen LogP contribution is 2.70. The maximum atomic E-state index is 5.75. The van der Waals surface area contributed by atoms with E-state index in [1.807, 2.05) is 0 Å². The molecule has 0 spiro atoms.